The van der Waals surface area contributed by atoms with E-state index >= 15 is 0 Å². The first kappa shape index (κ1) is 15.9. The fourth-order valence-electron chi connectivity index (χ4n) is 1.89. The number of primary amides is 1. The van der Waals surface area contributed by atoms with E-state index in [9.17, 15) is 14.9 Å². The van der Waals surface area contributed by atoms with Gasteiger partial charge in [-0.1, -0.05) is 0 Å². The molecule has 1 rings (SSSR count). The van der Waals surface area contributed by atoms with Crippen molar-refractivity contribution in [2.45, 2.75) is 26.3 Å². The van der Waals surface area contributed by atoms with Crippen LogP contribution in [-0.4, -0.2) is 30.5 Å². The third kappa shape index (κ3) is 3.92. The van der Waals surface area contributed by atoms with Crippen molar-refractivity contribution in [2.75, 3.05) is 13.7 Å². The maximum atomic E-state index is 11.0. The van der Waals surface area contributed by atoms with Crippen molar-refractivity contribution in [3.05, 3.63) is 33.4 Å². The molecule has 0 aromatic heterocycles. The van der Waals surface area contributed by atoms with Gasteiger partial charge in [0.15, 0.2) is 0 Å². The molecule has 0 saturated heterocycles. The second-order valence-corrected chi connectivity index (χ2v) is 4.54. The summed E-state index contributed by atoms with van der Waals surface area (Å²) in [6.07, 6.45) is 0.396. The second kappa shape index (κ2) is 6.85. The van der Waals surface area contributed by atoms with Crippen molar-refractivity contribution < 1.29 is 14.5 Å². The lowest BCUT2D eigenvalue weighted by Gasteiger charge is -2.14. The minimum absolute atomic E-state index is 0.0191. The SMILES string of the molecule is CNC(CCOc1cc([N+](=O)[O-])c(C)cc1C)C(N)=O. The summed E-state index contributed by atoms with van der Waals surface area (Å²) in [5.74, 6) is -0.00988. The predicted molar refractivity (Wildman–Crippen MR) is 74.7 cm³/mol. The molecule has 0 fully saturated rings. The number of carbonyl (C=O) groups excluding carboxylic acids is 1. The van der Waals surface area contributed by atoms with Gasteiger partial charge in [-0.15, -0.1) is 0 Å². The minimum Gasteiger partial charge on any atom is -0.493 e. The van der Waals surface area contributed by atoms with E-state index in [1.807, 2.05) is 6.92 Å². The van der Waals surface area contributed by atoms with Crippen LogP contribution in [0, 0.1) is 24.0 Å². The summed E-state index contributed by atoms with van der Waals surface area (Å²) in [5, 5.41) is 13.7. The molecular formula is C13H19N3O4. The Balaban J connectivity index is 2.75. The average molecular weight is 281 g/mol. The Labute approximate surface area is 117 Å². The molecule has 1 unspecified atom stereocenters. The number of carbonyl (C=O) groups is 1. The van der Waals surface area contributed by atoms with Crippen LogP contribution in [0.5, 0.6) is 5.75 Å². The summed E-state index contributed by atoms with van der Waals surface area (Å²) in [6.45, 7) is 3.74. The van der Waals surface area contributed by atoms with Crippen molar-refractivity contribution in [1.29, 1.82) is 0 Å². The summed E-state index contributed by atoms with van der Waals surface area (Å²) >= 11 is 0. The highest BCUT2D eigenvalue weighted by Crippen LogP contribution is 2.28. The van der Waals surface area contributed by atoms with Gasteiger partial charge in [0.05, 0.1) is 23.6 Å². The molecule has 0 aliphatic carbocycles. The largest absolute Gasteiger partial charge is 0.493 e. The van der Waals surface area contributed by atoms with Crippen molar-refractivity contribution >= 4 is 11.6 Å². The number of hydrogen-bond donors (Lipinski definition) is 2. The summed E-state index contributed by atoms with van der Waals surface area (Å²) in [5.41, 5.74) is 6.61. The maximum absolute atomic E-state index is 11.0. The number of likely N-dealkylation sites (N-methyl/N-ethyl adjacent to an activating group) is 1. The average Bonchev–Trinajstić information content (AvgIpc) is 2.35. The van der Waals surface area contributed by atoms with E-state index in [1.165, 1.54) is 6.07 Å². The van der Waals surface area contributed by atoms with Gasteiger partial charge in [-0.3, -0.25) is 14.9 Å². The van der Waals surface area contributed by atoms with Gasteiger partial charge in [-0.2, -0.15) is 0 Å². The number of nitrogens with one attached hydrogen (secondary N) is 1. The monoisotopic (exact) mass is 281 g/mol. The highest BCUT2D eigenvalue weighted by Gasteiger charge is 2.16. The van der Waals surface area contributed by atoms with Crippen LogP contribution in [0.25, 0.3) is 0 Å². The first-order valence-corrected chi connectivity index (χ1v) is 6.21. The molecule has 0 aliphatic rings. The van der Waals surface area contributed by atoms with Crippen molar-refractivity contribution in [3.8, 4) is 5.75 Å². The van der Waals surface area contributed by atoms with E-state index in [4.69, 9.17) is 10.5 Å². The number of nitrogens with zero attached hydrogens (tertiary/aromatic N) is 1. The lowest BCUT2D eigenvalue weighted by atomic mass is 10.1. The molecule has 7 heteroatoms. The molecule has 0 aliphatic heterocycles. The molecule has 0 bridgehead atoms. The molecule has 20 heavy (non-hydrogen) atoms. The summed E-state index contributed by atoms with van der Waals surface area (Å²) in [6, 6.07) is 2.64. The molecule has 1 aromatic carbocycles. The Morgan fingerprint density at radius 1 is 1.45 bits per heavy atom. The topological polar surface area (TPSA) is 107 Å². The third-order valence-corrected chi connectivity index (χ3v) is 3.05. The van der Waals surface area contributed by atoms with Crippen LogP contribution >= 0.6 is 0 Å². The van der Waals surface area contributed by atoms with E-state index in [2.05, 4.69) is 5.32 Å². The molecule has 1 aromatic rings. The molecule has 7 nitrogen and oxygen atoms in total. The molecule has 1 amide bonds. The number of nitro benzene ring substituents is 1. The molecule has 0 saturated carbocycles. The first-order valence-electron chi connectivity index (χ1n) is 6.21. The predicted octanol–water partition coefficient (Wildman–Crippen LogP) is 1.05. The van der Waals surface area contributed by atoms with Crippen LogP contribution in [0.4, 0.5) is 5.69 Å². The van der Waals surface area contributed by atoms with Gasteiger partial charge in [0.25, 0.3) is 5.69 Å². The molecule has 0 spiro atoms. The van der Waals surface area contributed by atoms with Crippen molar-refractivity contribution in [1.82, 2.24) is 5.32 Å². The molecule has 1 atom stereocenters. The third-order valence-electron chi connectivity index (χ3n) is 3.05. The fourth-order valence-corrected chi connectivity index (χ4v) is 1.89. The van der Waals surface area contributed by atoms with Crippen LogP contribution in [0.1, 0.15) is 17.5 Å². The summed E-state index contributed by atoms with van der Waals surface area (Å²) < 4.78 is 5.51. The number of nitro groups is 1. The van der Waals surface area contributed by atoms with Crippen LogP contribution in [0.2, 0.25) is 0 Å². The van der Waals surface area contributed by atoms with Gasteiger partial charge < -0.3 is 15.8 Å². The van der Waals surface area contributed by atoms with Gasteiger partial charge in [0.1, 0.15) is 5.75 Å². The van der Waals surface area contributed by atoms with Crippen LogP contribution in [0.3, 0.4) is 0 Å². The molecule has 0 radical (unpaired) electrons. The van der Waals surface area contributed by atoms with E-state index in [1.54, 1.807) is 20.0 Å². The Kier molecular flexibility index (Phi) is 5.45. The Morgan fingerprint density at radius 3 is 2.60 bits per heavy atom. The number of rotatable bonds is 7. The zero-order valence-corrected chi connectivity index (χ0v) is 11.8. The van der Waals surface area contributed by atoms with Crippen molar-refractivity contribution in [3.63, 3.8) is 0 Å². The molecule has 110 valence electrons. The lowest BCUT2D eigenvalue weighted by molar-refractivity contribution is -0.385. The number of amides is 1. The van der Waals surface area contributed by atoms with Gasteiger partial charge in [-0.25, -0.2) is 0 Å². The van der Waals surface area contributed by atoms with E-state index in [-0.39, 0.29) is 12.3 Å². The zero-order valence-electron chi connectivity index (χ0n) is 11.8. The number of aryl methyl sites for hydroxylation is 2. The number of hydrogen-bond acceptors (Lipinski definition) is 5. The smallest absolute Gasteiger partial charge is 0.276 e. The van der Waals surface area contributed by atoms with Crippen LogP contribution in [0.15, 0.2) is 12.1 Å². The quantitative estimate of drug-likeness (QED) is 0.574. The van der Waals surface area contributed by atoms with E-state index < -0.39 is 16.9 Å². The Morgan fingerprint density at radius 2 is 2.10 bits per heavy atom. The van der Waals surface area contributed by atoms with Gasteiger partial charge in [0.2, 0.25) is 5.91 Å². The van der Waals surface area contributed by atoms with Gasteiger partial charge >= 0.3 is 0 Å². The maximum Gasteiger partial charge on any atom is 0.276 e. The lowest BCUT2D eigenvalue weighted by Crippen LogP contribution is -2.40. The van der Waals surface area contributed by atoms with Gasteiger partial charge in [-0.05, 0) is 32.5 Å². The number of benzene rings is 1. The number of ether oxygens (including phenoxy) is 1. The molecule has 3 N–H and O–H groups in total. The summed E-state index contributed by atoms with van der Waals surface area (Å²) in [4.78, 5) is 21.5. The Bertz CT molecular complexity index is 517. The second-order valence-electron chi connectivity index (χ2n) is 4.54. The highest BCUT2D eigenvalue weighted by molar-refractivity contribution is 5.79. The minimum atomic E-state index is -0.476. The standard InChI is InChI=1S/C13H19N3O4/c1-8-6-9(2)12(7-11(8)16(18)19)20-5-4-10(15-3)13(14)17/h6-7,10,15H,4-5H2,1-3H3,(H2,14,17). The highest BCUT2D eigenvalue weighted by atomic mass is 16.6. The molecular weight excluding hydrogens is 262 g/mol. The Hall–Kier alpha value is -2.15. The fraction of sp³-hybridized carbons (Fsp3) is 0.462. The van der Waals surface area contributed by atoms with Gasteiger partial charge in [0, 0.05) is 12.0 Å². The molecule has 0 heterocycles. The zero-order chi connectivity index (χ0) is 15.3. The van der Waals surface area contributed by atoms with E-state index in [0.29, 0.717) is 17.7 Å². The van der Waals surface area contributed by atoms with Crippen molar-refractivity contribution in [2.24, 2.45) is 5.73 Å². The summed E-state index contributed by atoms with van der Waals surface area (Å²) in [7, 11) is 1.64. The van der Waals surface area contributed by atoms with E-state index in [0.717, 1.165) is 5.56 Å². The van der Waals surface area contributed by atoms with Crippen LogP contribution < -0.4 is 15.8 Å². The number of nitrogens with two attached hydrogens (primary N) is 1. The normalized spacial score (nSPS) is 11.9. The first-order chi connectivity index (χ1) is 9.36. The van der Waals surface area contributed by atoms with Crippen LogP contribution in [-0.2, 0) is 4.79 Å².